The van der Waals surface area contributed by atoms with Crippen molar-refractivity contribution in [3.8, 4) is 0 Å². The number of nitrogens with one attached hydrogen (secondary N) is 2. The van der Waals surface area contributed by atoms with Crippen LogP contribution in [-0.4, -0.2) is 36.2 Å². The van der Waals surface area contributed by atoms with Gasteiger partial charge < -0.3 is 15.4 Å². The summed E-state index contributed by atoms with van der Waals surface area (Å²) < 4.78 is 5.81. The van der Waals surface area contributed by atoms with Crippen LogP contribution in [0.4, 0.5) is 0 Å². The van der Waals surface area contributed by atoms with Gasteiger partial charge in [-0.25, -0.2) is 0 Å². The molecule has 0 aromatic rings. The van der Waals surface area contributed by atoms with Gasteiger partial charge in [0.25, 0.3) is 0 Å². The van der Waals surface area contributed by atoms with E-state index in [1.54, 1.807) is 0 Å². The molecule has 4 fully saturated rings. The average Bonchev–Trinajstić information content (AvgIpc) is 3.12. The molecule has 19 heavy (non-hydrogen) atoms. The van der Waals surface area contributed by atoms with Crippen molar-refractivity contribution >= 4 is 5.91 Å². The Hall–Kier alpha value is -0.610. The van der Waals surface area contributed by atoms with Crippen LogP contribution in [0.2, 0.25) is 0 Å². The van der Waals surface area contributed by atoms with Crippen molar-refractivity contribution in [3.05, 3.63) is 0 Å². The summed E-state index contributed by atoms with van der Waals surface area (Å²) in [6, 6.07) is 0.920. The molecule has 4 nitrogen and oxygen atoms in total. The van der Waals surface area contributed by atoms with Crippen molar-refractivity contribution in [3.63, 3.8) is 0 Å². The fourth-order valence-corrected chi connectivity index (χ4v) is 4.59. The normalized spacial score (nSPS) is 48.2. The molecule has 4 rings (SSSR count). The molecule has 3 heterocycles. The van der Waals surface area contributed by atoms with Gasteiger partial charge in [0.2, 0.25) is 5.91 Å². The Balaban J connectivity index is 1.34. The van der Waals surface area contributed by atoms with Crippen molar-refractivity contribution in [2.45, 2.75) is 81.7 Å². The van der Waals surface area contributed by atoms with Gasteiger partial charge in [-0.1, -0.05) is 12.8 Å². The van der Waals surface area contributed by atoms with Gasteiger partial charge in [0.15, 0.2) is 0 Å². The predicted octanol–water partition coefficient (Wildman–Crippen LogP) is 1.34. The Morgan fingerprint density at radius 3 is 2.74 bits per heavy atom. The molecule has 3 saturated heterocycles. The lowest BCUT2D eigenvalue weighted by Gasteiger charge is -2.24. The summed E-state index contributed by atoms with van der Waals surface area (Å²) in [5.74, 6) is 0.955. The largest absolute Gasteiger partial charge is 0.373 e. The van der Waals surface area contributed by atoms with Crippen LogP contribution in [0.5, 0.6) is 0 Å². The van der Waals surface area contributed by atoms with E-state index < -0.39 is 0 Å². The van der Waals surface area contributed by atoms with Crippen molar-refractivity contribution in [2.24, 2.45) is 5.92 Å². The van der Waals surface area contributed by atoms with Crippen molar-refractivity contribution in [1.82, 2.24) is 10.6 Å². The van der Waals surface area contributed by atoms with E-state index in [0.717, 1.165) is 25.2 Å². The minimum atomic E-state index is 0.0484. The van der Waals surface area contributed by atoms with E-state index >= 15 is 0 Å². The second kappa shape index (κ2) is 4.74. The first-order valence-electron chi connectivity index (χ1n) is 8.01. The fourth-order valence-electron chi connectivity index (χ4n) is 4.59. The maximum atomic E-state index is 12.4. The quantitative estimate of drug-likeness (QED) is 0.791. The third-order valence-corrected chi connectivity index (χ3v) is 5.61. The topological polar surface area (TPSA) is 50.4 Å². The van der Waals surface area contributed by atoms with Crippen molar-refractivity contribution in [2.75, 3.05) is 0 Å². The number of hydrogen-bond acceptors (Lipinski definition) is 3. The van der Waals surface area contributed by atoms with E-state index in [1.165, 1.54) is 32.1 Å². The molecule has 1 saturated carbocycles. The summed E-state index contributed by atoms with van der Waals surface area (Å²) >= 11 is 0. The summed E-state index contributed by atoms with van der Waals surface area (Å²) in [7, 11) is 0. The van der Waals surface area contributed by atoms with Gasteiger partial charge in [-0.2, -0.15) is 0 Å². The lowest BCUT2D eigenvalue weighted by atomic mass is 9.85. The first-order chi connectivity index (χ1) is 9.29. The zero-order chi connectivity index (χ0) is 12.8. The standard InChI is InChI=1S/C15H24N2O2/c18-15(17-12-8-10-5-6-14(12)19-10)13-7-9-3-1-2-4-11(9)16-13/h9-14,16H,1-8H2,(H,17,18). The maximum Gasteiger partial charge on any atom is 0.237 e. The van der Waals surface area contributed by atoms with Crippen molar-refractivity contribution < 1.29 is 9.53 Å². The highest BCUT2D eigenvalue weighted by atomic mass is 16.5. The van der Waals surface area contributed by atoms with E-state index in [4.69, 9.17) is 4.74 Å². The summed E-state index contributed by atoms with van der Waals surface area (Å²) in [5.41, 5.74) is 0. The number of rotatable bonds is 2. The smallest absolute Gasteiger partial charge is 0.237 e. The molecule has 1 aliphatic carbocycles. The zero-order valence-electron chi connectivity index (χ0n) is 11.4. The average molecular weight is 264 g/mol. The van der Waals surface area contributed by atoms with Crippen LogP contribution in [0.15, 0.2) is 0 Å². The van der Waals surface area contributed by atoms with Crippen LogP contribution in [0.25, 0.3) is 0 Å². The molecule has 0 aromatic carbocycles. The Morgan fingerprint density at radius 2 is 2.00 bits per heavy atom. The molecule has 4 heteroatoms. The number of amides is 1. The van der Waals surface area contributed by atoms with Gasteiger partial charge in [-0.3, -0.25) is 4.79 Å². The fraction of sp³-hybridized carbons (Fsp3) is 0.933. The third kappa shape index (κ3) is 2.19. The molecular weight excluding hydrogens is 240 g/mol. The minimum Gasteiger partial charge on any atom is -0.373 e. The van der Waals surface area contributed by atoms with Gasteiger partial charge in [-0.15, -0.1) is 0 Å². The SMILES string of the molecule is O=C(NC1CC2CCC1O2)C1CC2CCCCC2N1. The van der Waals surface area contributed by atoms with Crippen LogP contribution in [0.1, 0.15) is 51.4 Å². The molecule has 1 amide bonds. The Morgan fingerprint density at radius 1 is 1.11 bits per heavy atom. The molecular formula is C15H24N2O2. The molecule has 2 bridgehead atoms. The van der Waals surface area contributed by atoms with Crippen LogP contribution < -0.4 is 10.6 Å². The van der Waals surface area contributed by atoms with Crippen LogP contribution >= 0.6 is 0 Å². The van der Waals surface area contributed by atoms with E-state index in [1.807, 2.05) is 0 Å². The zero-order valence-corrected chi connectivity index (χ0v) is 11.4. The second-order valence-electron chi connectivity index (χ2n) is 6.83. The number of hydrogen-bond donors (Lipinski definition) is 2. The highest BCUT2D eigenvalue weighted by Crippen LogP contribution is 2.35. The van der Waals surface area contributed by atoms with Gasteiger partial charge in [0.1, 0.15) is 0 Å². The van der Waals surface area contributed by atoms with Gasteiger partial charge in [-0.05, 0) is 44.4 Å². The number of carbonyl (C=O) groups excluding carboxylic acids is 1. The third-order valence-electron chi connectivity index (χ3n) is 5.61. The minimum absolute atomic E-state index is 0.0484. The summed E-state index contributed by atoms with van der Waals surface area (Å²) in [4.78, 5) is 12.4. The number of carbonyl (C=O) groups is 1. The Bertz CT molecular complexity index is 359. The van der Waals surface area contributed by atoms with Crippen molar-refractivity contribution in [1.29, 1.82) is 0 Å². The maximum absolute atomic E-state index is 12.4. The van der Waals surface area contributed by atoms with E-state index in [-0.39, 0.29) is 24.1 Å². The number of fused-ring (bicyclic) bond motifs is 3. The summed E-state index contributed by atoms with van der Waals surface area (Å²) in [5, 5.41) is 6.79. The van der Waals surface area contributed by atoms with E-state index in [9.17, 15) is 4.79 Å². The van der Waals surface area contributed by atoms with E-state index in [2.05, 4.69) is 10.6 Å². The van der Waals surface area contributed by atoms with Gasteiger partial charge in [0.05, 0.1) is 24.3 Å². The molecule has 0 aromatic heterocycles. The second-order valence-corrected chi connectivity index (χ2v) is 6.83. The van der Waals surface area contributed by atoms with Gasteiger partial charge in [0, 0.05) is 6.04 Å². The molecule has 4 aliphatic rings. The molecule has 6 atom stereocenters. The Kier molecular flexibility index (Phi) is 3.03. The highest BCUT2D eigenvalue weighted by Gasteiger charge is 2.43. The summed E-state index contributed by atoms with van der Waals surface area (Å²) in [6.07, 6.45) is 10.3. The summed E-state index contributed by atoms with van der Waals surface area (Å²) in [6.45, 7) is 0. The molecule has 2 N–H and O–H groups in total. The lowest BCUT2D eigenvalue weighted by Crippen LogP contribution is -2.49. The Labute approximate surface area is 114 Å². The molecule has 6 unspecified atom stereocenters. The molecule has 3 aliphatic heterocycles. The predicted molar refractivity (Wildman–Crippen MR) is 71.7 cm³/mol. The van der Waals surface area contributed by atoms with Crippen LogP contribution in [-0.2, 0) is 9.53 Å². The monoisotopic (exact) mass is 264 g/mol. The first kappa shape index (κ1) is 12.2. The molecule has 106 valence electrons. The van der Waals surface area contributed by atoms with Crippen LogP contribution in [0.3, 0.4) is 0 Å². The highest BCUT2D eigenvalue weighted by molar-refractivity contribution is 5.82. The van der Waals surface area contributed by atoms with Crippen LogP contribution in [0, 0.1) is 5.92 Å². The van der Waals surface area contributed by atoms with Gasteiger partial charge >= 0.3 is 0 Å². The van der Waals surface area contributed by atoms with E-state index in [0.29, 0.717) is 12.1 Å². The lowest BCUT2D eigenvalue weighted by molar-refractivity contribution is -0.124. The molecule has 0 spiro atoms. The first-order valence-corrected chi connectivity index (χ1v) is 8.01. The number of ether oxygens (including phenoxy) is 1. The molecule has 0 radical (unpaired) electrons.